The SMILES string of the molecule is CCC(Cc1cc(S)ccc1C)N(Cc1ccccc1)S(C)(=O)=O. The molecule has 0 N–H and O–H groups in total. The summed E-state index contributed by atoms with van der Waals surface area (Å²) in [5.74, 6) is 0. The largest absolute Gasteiger partial charge is 0.212 e. The van der Waals surface area contributed by atoms with Crippen LogP contribution in [0.3, 0.4) is 0 Å². The molecule has 2 aromatic rings. The van der Waals surface area contributed by atoms with Crippen LogP contribution in [0.1, 0.15) is 30.0 Å². The number of benzene rings is 2. The van der Waals surface area contributed by atoms with Gasteiger partial charge in [0.1, 0.15) is 0 Å². The molecular formula is C19H25NO2S2. The Balaban J connectivity index is 2.30. The zero-order chi connectivity index (χ0) is 17.7. The highest BCUT2D eigenvalue weighted by molar-refractivity contribution is 7.88. The third-order valence-corrected chi connectivity index (χ3v) is 5.83. The van der Waals surface area contributed by atoms with Crippen LogP contribution in [0, 0.1) is 6.92 Å². The molecule has 0 spiro atoms. The van der Waals surface area contributed by atoms with Crippen LogP contribution in [0.15, 0.2) is 53.4 Å². The van der Waals surface area contributed by atoms with Gasteiger partial charge < -0.3 is 0 Å². The van der Waals surface area contributed by atoms with Crippen molar-refractivity contribution in [2.75, 3.05) is 6.26 Å². The molecule has 0 amide bonds. The Labute approximate surface area is 151 Å². The van der Waals surface area contributed by atoms with Crippen LogP contribution in [0.5, 0.6) is 0 Å². The molecule has 0 aromatic heterocycles. The third-order valence-electron chi connectivity index (χ3n) is 4.27. The predicted molar refractivity (Wildman–Crippen MR) is 103 cm³/mol. The molecule has 1 unspecified atom stereocenters. The maximum Gasteiger partial charge on any atom is 0.211 e. The molecule has 0 aliphatic rings. The highest BCUT2D eigenvalue weighted by Crippen LogP contribution is 2.22. The molecule has 0 saturated heterocycles. The van der Waals surface area contributed by atoms with E-state index >= 15 is 0 Å². The van der Waals surface area contributed by atoms with Crippen LogP contribution in [0.4, 0.5) is 0 Å². The molecule has 0 radical (unpaired) electrons. The molecule has 2 aromatic carbocycles. The summed E-state index contributed by atoms with van der Waals surface area (Å²) < 4.78 is 26.4. The molecule has 5 heteroatoms. The van der Waals surface area contributed by atoms with Crippen molar-refractivity contribution in [2.45, 2.75) is 44.2 Å². The summed E-state index contributed by atoms with van der Waals surface area (Å²) in [6, 6.07) is 15.7. The standard InChI is InChI=1S/C19H25NO2S2/c1-4-18(12-17-13-19(23)11-10-15(17)2)20(24(3,21)22)14-16-8-6-5-7-9-16/h5-11,13,18,23H,4,12,14H2,1-3H3. The van der Waals surface area contributed by atoms with E-state index in [-0.39, 0.29) is 6.04 Å². The minimum atomic E-state index is -3.30. The molecule has 3 nitrogen and oxygen atoms in total. The van der Waals surface area contributed by atoms with Crippen molar-refractivity contribution in [1.82, 2.24) is 4.31 Å². The summed E-state index contributed by atoms with van der Waals surface area (Å²) in [5, 5.41) is 0. The van der Waals surface area contributed by atoms with Gasteiger partial charge in [-0.15, -0.1) is 12.6 Å². The molecule has 0 fully saturated rings. The molecular weight excluding hydrogens is 338 g/mol. The van der Waals surface area contributed by atoms with E-state index in [0.717, 1.165) is 22.4 Å². The molecule has 130 valence electrons. The van der Waals surface area contributed by atoms with Crippen LogP contribution in [0.25, 0.3) is 0 Å². The van der Waals surface area contributed by atoms with E-state index in [2.05, 4.69) is 19.6 Å². The first-order valence-corrected chi connectivity index (χ1v) is 10.4. The van der Waals surface area contributed by atoms with Crippen LogP contribution in [-0.4, -0.2) is 25.0 Å². The minimum Gasteiger partial charge on any atom is -0.212 e. The highest BCUT2D eigenvalue weighted by atomic mass is 32.2. The van der Waals surface area contributed by atoms with Crippen LogP contribution in [-0.2, 0) is 23.0 Å². The summed E-state index contributed by atoms with van der Waals surface area (Å²) in [6.07, 6.45) is 2.74. The van der Waals surface area contributed by atoms with Gasteiger partial charge in [-0.1, -0.05) is 43.3 Å². The van der Waals surface area contributed by atoms with Crippen molar-refractivity contribution in [3.63, 3.8) is 0 Å². The number of hydrogen-bond donors (Lipinski definition) is 1. The van der Waals surface area contributed by atoms with Gasteiger partial charge in [0.25, 0.3) is 0 Å². The Kier molecular flexibility index (Phi) is 6.49. The highest BCUT2D eigenvalue weighted by Gasteiger charge is 2.26. The Morgan fingerprint density at radius 3 is 2.38 bits per heavy atom. The lowest BCUT2D eigenvalue weighted by Gasteiger charge is -2.29. The second-order valence-corrected chi connectivity index (χ2v) is 8.62. The lowest BCUT2D eigenvalue weighted by molar-refractivity contribution is 0.304. The van der Waals surface area contributed by atoms with Crippen molar-refractivity contribution < 1.29 is 8.42 Å². The van der Waals surface area contributed by atoms with E-state index in [1.807, 2.05) is 55.5 Å². The number of sulfonamides is 1. The van der Waals surface area contributed by atoms with Gasteiger partial charge in [-0.25, -0.2) is 8.42 Å². The smallest absolute Gasteiger partial charge is 0.211 e. The van der Waals surface area contributed by atoms with Gasteiger partial charge in [-0.3, -0.25) is 0 Å². The van der Waals surface area contributed by atoms with Crippen molar-refractivity contribution in [1.29, 1.82) is 0 Å². The molecule has 2 rings (SSSR count). The van der Waals surface area contributed by atoms with Crippen LogP contribution < -0.4 is 0 Å². The zero-order valence-corrected chi connectivity index (χ0v) is 16.1. The fraction of sp³-hybridized carbons (Fsp3) is 0.368. The second kappa shape index (κ2) is 8.19. The topological polar surface area (TPSA) is 37.4 Å². The average molecular weight is 364 g/mol. The summed E-state index contributed by atoms with van der Waals surface area (Å²) in [5.41, 5.74) is 3.32. The van der Waals surface area contributed by atoms with Crippen molar-refractivity contribution in [2.24, 2.45) is 0 Å². The number of hydrogen-bond acceptors (Lipinski definition) is 3. The Morgan fingerprint density at radius 2 is 1.79 bits per heavy atom. The summed E-state index contributed by atoms with van der Waals surface area (Å²) in [6.45, 7) is 4.49. The van der Waals surface area contributed by atoms with Gasteiger partial charge in [0.05, 0.1) is 6.26 Å². The van der Waals surface area contributed by atoms with Gasteiger partial charge in [0.2, 0.25) is 10.0 Å². The quantitative estimate of drug-likeness (QED) is 0.753. The fourth-order valence-corrected chi connectivity index (χ4v) is 4.24. The lowest BCUT2D eigenvalue weighted by atomic mass is 9.99. The molecule has 0 bridgehead atoms. The monoisotopic (exact) mass is 363 g/mol. The first kappa shape index (κ1) is 19.0. The number of aryl methyl sites for hydroxylation is 1. The maximum atomic E-state index is 12.4. The van der Waals surface area contributed by atoms with Gasteiger partial charge in [0.15, 0.2) is 0 Å². The van der Waals surface area contributed by atoms with Crippen molar-refractivity contribution >= 4 is 22.7 Å². The zero-order valence-electron chi connectivity index (χ0n) is 14.4. The lowest BCUT2D eigenvalue weighted by Crippen LogP contribution is -2.40. The Hall–Kier alpha value is -1.30. The van der Waals surface area contributed by atoms with E-state index in [4.69, 9.17) is 0 Å². The van der Waals surface area contributed by atoms with E-state index in [1.54, 1.807) is 4.31 Å². The number of nitrogens with zero attached hydrogens (tertiary/aromatic N) is 1. The number of thiol groups is 1. The van der Waals surface area contributed by atoms with Gasteiger partial charge in [0, 0.05) is 17.5 Å². The van der Waals surface area contributed by atoms with Crippen molar-refractivity contribution in [3.05, 3.63) is 65.2 Å². The van der Waals surface area contributed by atoms with Crippen LogP contribution in [0.2, 0.25) is 0 Å². The maximum absolute atomic E-state index is 12.4. The van der Waals surface area contributed by atoms with Gasteiger partial charge >= 0.3 is 0 Å². The fourth-order valence-electron chi connectivity index (χ4n) is 2.86. The van der Waals surface area contributed by atoms with Gasteiger partial charge in [-0.2, -0.15) is 4.31 Å². The summed E-state index contributed by atoms with van der Waals surface area (Å²) >= 11 is 4.41. The van der Waals surface area contributed by atoms with E-state index < -0.39 is 10.0 Å². The molecule has 1 atom stereocenters. The first-order valence-electron chi connectivity index (χ1n) is 8.10. The molecule has 0 aliphatic carbocycles. The van der Waals surface area contributed by atoms with Crippen LogP contribution >= 0.6 is 12.6 Å². The van der Waals surface area contributed by atoms with Crippen molar-refractivity contribution in [3.8, 4) is 0 Å². The third kappa shape index (κ3) is 5.10. The van der Waals surface area contributed by atoms with E-state index in [9.17, 15) is 8.42 Å². The summed E-state index contributed by atoms with van der Waals surface area (Å²) in [4.78, 5) is 0.902. The average Bonchev–Trinajstić information content (AvgIpc) is 2.54. The van der Waals surface area contributed by atoms with E-state index in [1.165, 1.54) is 11.8 Å². The Bertz CT molecular complexity index is 773. The summed E-state index contributed by atoms with van der Waals surface area (Å²) in [7, 11) is -3.30. The Morgan fingerprint density at radius 1 is 1.12 bits per heavy atom. The minimum absolute atomic E-state index is 0.0750. The second-order valence-electron chi connectivity index (χ2n) is 6.17. The van der Waals surface area contributed by atoms with Gasteiger partial charge in [-0.05, 0) is 48.6 Å². The normalized spacial score (nSPS) is 13.2. The molecule has 24 heavy (non-hydrogen) atoms. The molecule has 0 aliphatic heterocycles. The molecule has 0 heterocycles. The first-order chi connectivity index (χ1) is 11.3. The number of rotatable bonds is 7. The molecule has 0 saturated carbocycles. The van der Waals surface area contributed by atoms with E-state index in [0.29, 0.717) is 13.0 Å². The predicted octanol–water partition coefficient (Wildman–Crippen LogP) is 4.07.